The number of hydrogen-bond donors (Lipinski definition) is 0. The average molecular weight is 352 g/mol. The summed E-state index contributed by atoms with van der Waals surface area (Å²) in [6.45, 7) is 3.89. The lowest BCUT2D eigenvalue weighted by Crippen LogP contribution is -2.07. The highest BCUT2D eigenvalue weighted by atomic mass is 16.6. The zero-order chi connectivity index (χ0) is 18.5. The first kappa shape index (κ1) is 17.7. The SMILES string of the molecule is CCc1ccc(-c2noc(COC(=O)c3cc(C)ccc3OC)n2)cc1. The molecule has 2 aromatic carbocycles. The topological polar surface area (TPSA) is 74.5 Å². The third-order valence-corrected chi connectivity index (χ3v) is 3.99. The van der Waals surface area contributed by atoms with E-state index in [9.17, 15) is 4.79 Å². The van der Waals surface area contributed by atoms with Gasteiger partial charge in [-0.25, -0.2) is 4.79 Å². The molecule has 134 valence electrons. The molecule has 3 aromatic rings. The van der Waals surface area contributed by atoms with Crippen LogP contribution in [-0.2, 0) is 17.8 Å². The van der Waals surface area contributed by atoms with Crippen LogP contribution in [0.25, 0.3) is 11.4 Å². The molecule has 0 aliphatic carbocycles. The lowest BCUT2D eigenvalue weighted by atomic mass is 10.1. The normalized spacial score (nSPS) is 10.6. The Hall–Kier alpha value is -3.15. The minimum atomic E-state index is -0.502. The van der Waals surface area contributed by atoms with E-state index in [1.807, 2.05) is 37.3 Å². The van der Waals surface area contributed by atoms with Crippen LogP contribution >= 0.6 is 0 Å². The number of esters is 1. The van der Waals surface area contributed by atoms with E-state index in [0.29, 0.717) is 17.1 Å². The Kier molecular flexibility index (Phi) is 5.31. The van der Waals surface area contributed by atoms with Gasteiger partial charge in [-0.15, -0.1) is 0 Å². The Morgan fingerprint density at radius 3 is 2.62 bits per heavy atom. The monoisotopic (exact) mass is 352 g/mol. The second kappa shape index (κ2) is 7.82. The summed E-state index contributed by atoms with van der Waals surface area (Å²) >= 11 is 0. The predicted molar refractivity (Wildman–Crippen MR) is 96.0 cm³/mol. The Bertz CT molecular complexity index is 900. The molecule has 0 bridgehead atoms. The van der Waals surface area contributed by atoms with E-state index in [-0.39, 0.29) is 12.5 Å². The number of rotatable bonds is 6. The third-order valence-electron chi connectivity index (χ3n) is 3.99. The number of benzene rings is 2. The van der Waals surface area contributed by atoms with Crippen molar-refractivity contribution >= 4 is 5.97 Å². The number of carbonyl (C=O) groups excluding carboxylic acids is 1. The number of aromatic nitrogens is 2. The number of nitrogens with zero attached hydrogens (tertiary/aromatic N) is 2. The lowest BCUT2D eigenvalue weighted by molar-refractivity contribution is 0.0426. The second-order valence-corrected chi connectivity index (χ2v) is 5.84. The van der Waals surface area contributed by atoms with E-state index in [0.717, 1.165) is 17.5 Å². The highest BCUT2D eigenvalue weighted by molar-refractivity contribution is 5.92. The molecule has 0 radical (unpaired) electrons. The van der Waals surface area contributed by atoms with Crippen LogP contribution in [0.5, 0.6) is 5.75 Å². The Morgan fingerprint density at radius 2 is 1.92 bits per heavy atom. The van der Waals surface area contributed by atoms with E-state index in [1.54, 1.807) is 12.1 Å². The minimum absolute atomic E-state index is 0.101. The zero-order valence-electron chi connectivity index (χ0n) is 15.0. The summed E-state index contributed by atoms with van der Waals surface area (Å²) in [4.78, 5) is 16.6. The summed E-state index contributed by atoms with van der Waals surface area (Å²) in [5.41, 5.74) is 3.39. The molecule has 0 fully saturated rings. The molecule has 3 rings (SSSR count). The van der Waals surface area contributed by atoms with E-state index < -0.39 is 5.97 Å². The number of carbonyl (C=O) groups is 1. The van der Waals surface area contributed by atoms with Crippen molar-refractivity contribution in [3.05, 3.63) is 65.0 Å². The van der Waals surface area contributed by atoms with Crippen LogP contribution in [0.2, 0.25) is 0 Å². The van der Waals surface area contributed by atoms with Crippen LogP contribution in [0, 0.1) is 6.92 Å². The van der Waals surface area contributed by atoms with Gasteiger partial charge in [0.25, 0.3) is 5.89 Å². The quantitative estimate of drug-likeness (QED) is 0.625. The van der Waals surface area contributed by atoms with Crippen LogP contribution in [0.15, 0.2) is 47.0 Å². The maximum absolute atomic E-state index is 12.3. The molecule has 0 saturated heterocycles. The fraction of sp³-hybridized carbons (Fsp3) is 0.250. The van der Waals surface area contributed by atoms with Crippen molar-refractivity contribution < 1.29 is 18.8 Å². The molecule has 26 heavy (non-hydrogen) atoms. The van der Waals surface area contributed by atoms with Crippen molar-refractivity contribution in [3.63, 3.8) is 0 Å². The van der Waals surface area contributed by atoms with Crippen LogP contribution in [0.3, 0.4) is 0 Å². The first-order valence-electron chi connectivity index (χ1n) is 8.34. The number of hydrogen-bond acceptors (Lipinski definition) is 6. The summed E-state index contributed by atoms with van der Waals surface area (Å²) in [6.07, 6.45) is 0.968. The van der Waals surface area contributed by atoms with Gasteiger partial charge < -0.3 is 14.0 Å². The zero-order valence-corrected chi connectivity index (χ0v) is 15.0. The van der Waals surface area contributed by atoms with Crippen molar-refractivity contribution in [1.82, 2.24) is 10.1 Å². The van der Waals surface area contributed by atoms with Crippen LogP contribution in [0.4, 0.5) is 0 Å². The standard InChI is InChI=1S/C20H20N2O4/c1-4-14-6-8-15(9-7-14)19-21-18(26-22-19)12-25-20(23)16-11-13(2)5-10-17(16)24-3/h5-11H,4,12H2,1-3H3. The van der Waals surface area contributed by atoms with Gasteiger partial charge in [-0.2, -0.15) is 4.98 Å². The molecule has 0 N–H and O–H groups in total. The first-order valence-corrected chi connectivity index (χ1v) is 8.34. The number of aryl methyl sites for hydroxylation is 2. The molecule has 1 heterocycles. The largest absolute Gasteiger partial charge is 0.496 e. The van der Waals surface area contributed by atoms with Gasteiger partial charge in [-0.05, 0) is 31.0 Å². The van der Waals surface area contributed by atoms with Crippen molar-refractivity contribution in [3.8, 4) is 17.1 Å². The van der Waals surface area contributed by atoms with Gasteiger partial charge in [-0.3, -0.25) is 0 Å². The van der Waals surface area contributed by atoms with Gasteiger partial charge in [0.1, 0.15) is 11.3 Å². The number of ether oxygens (including phenoxy) is 2. The van der Waals surface area contributed by atoms with Crippen LogP contribution < -0.4 is 4.74 Å². The number of methoxy groups -OCH3 is 1. The van der Waals surface area contributed by atoms with Crippen molar-refractivity contribution in [2.75, 3.05) is 7.11 Å². The highest BCUT2D eigenvalue weighted by Gasteiger charge is 2.16. The van der Waals surface area contributed by atoms with Crippen LogP contribution in [0.1, 0.15) is 34.3 Å². The second-order valence-electron chi connectivity index (χ2n) is 5.84. The summed E-state index contributed by atoms with van der Waals surface area (Å²) in [7, 11) is 1.51. The molecular weight excluding hydrogens is 332 g/mol. The van der Waals surface area contributed by atoms with Gasteiger partial charge >= 0.3 is 5.97 Å². The van der Waals surface area contributed by atoms with Gasteiger partial charge in [0.05, 0.1) is 7.11 Å². The molecule has 0 saturated carbocycles. The maximum atomic E-state index is 12.3. The Labute approximate surface area is 151 Å². The third kappa shape index (κ3) is 3.91. The van der Waals surface area contributed by atoms with E-state index in [1.165, 1.54) is 12.7 Å². The molecular formula is C20H20N2O4. The molecule has 0 amide bonds. The molecule has 0 spiro atoms. The van der Waals surface area contributed by atoms with Gasteiger partial charge in [0.15, 0.2) is 6.61 Å². The van der Waals surface area contributed by atoms with Crippen LogP contribution in [-0.4, -0.2) is 23.2 Å². The molecule has 1 aromatic heterocycles. The molecule has 0 atom stereocenters. The molecule has 6 heteroatoms. The molecule has 0 unspecified atom stereocenters. The van der Waals surface area contributed by atoms with E-state index in [2.05, 4.69) is 17.1 Å². The smallest absolute Gasteiger partial charge is 0.342 e. The Morgan fingerprint density at radius 1 is 1.15 bits per heavy atom. The van der Waals surface area contributed by atoms with Crippen molar-refractivity contribution in [2.45, 2.75) is 26.9 Å². The first-order chi connectivity index (χ1) is 12.6. The summed E-state index contributed by atoms with van der Waals surface area (Å²) in [5.74, 6) is 0.659. The highest BCUT2D eigenvalue weighted by Crippen LogP contribution is 2.21. The van der Waals surface area contributed by atoms with Crippen molar-refractivity contribution in [2.24, 2.45) is 0 Å². The van der Waals surface area contributed by atoms with E-state index >= 15 is 0 Å². The van der Waals surface area contributed by atoms with Gasteiger partial charge in [-0.1, -0.05) is 48.0 Å². The lowest BCUT2D eigenvalue weighted by Gasteiger charge is -2.08. The molecule has 0 aliphatic rings. The summed E-state index contributed by atoms with van der Waals surface area (Å²) < 4.78 is 15.7. The maximum Gasteiger partial charge on any atom is 0.342 e. The predicted octanol–water partition coefficient (Wildman–Crippen LogP) is 3.97. The molecule has 6 nitrogen and oxygen atoms in total. The van der Waals surface area contributed by atoms with Crippen molar-refractivity contribution in [1.29, 1.82) is 0 Å². The summed E-state index contributed by atoms with van der Waals surface area (Å²) in [5, 5.41) is 3.94. The fourth-order valence-electron chi connectivity index (χ4n) is 2.51. The average Bonchev–Trinajstić information content (AvgIpc) is 3.15. The fourth-order valence-corrected chi connectivity index (χ4v) is 2.51. The summed E-state index contributed by atoms with van der Waals surface area (Å²) in [6, 6.07) is 13.2. The molecule has 0 aliphatic heterocycles. The minimum Gasteiger partial charge on any atom is -0.496 e. The van der Waals surface area contributed by atoms with Gasteiger partial charge in [0.2, 0.25) is 5.82 Å². The Balaban J connectivity index is 1.68. The van der Waals surface area contributed by atoms with E-state index in [4.69, 9.17) is 14.0 Å². The van der Waals surface area contributed by atoms with Gasteiger partial charge in [0, 0.05) is 5.56 Å².